The molecule has 0 aliphatic heterocycles. The van der Waals surface area contributed by atoms with Gasteiger partial charge in [-0.3, -0.25) is 0 Å². The SMILES string of the molecule is CNC(c1cccc(Br)c1)c1ccc(C(F)(F)F)c(F)c1. The Balaban J connectivity index is 2.42. The Morgan fingerprint density at radius 1 is 1.05 bits per heavy atom. The summed E-state index contributed by atoms with van der Waals surface area (Å²) < 4.78 is 52.3. The predicted octanol–water partition coefficient (Wildman–Crippen LogP) is 4.92. The third-order valence-electron chi connectivity index (χ3n) is 3.10. The van der Waals surface area contributed by atoms with Crippen LogP contribution in [-0.4, -0.2) is 7.05 Å². The van der Waals surface area contributed by atoms with Crippen molar-refractivity contribution in [1.82, 2.24) is 5.32 Å². The van der Waals surface area contributed by atoms with Gasteiger partial charge in [-0.25, -0.2) is 4.39 Å². The molecule has 0 radical (unpaired) electrons. The standard InChI is InChI=1S/C15H12BrF4N/c1-21-14(9-3-2-4-11(16)7-9)10-5-6-12(13(17)8-10)15(18,19)20/h2-8,14,21H,1H3. The van der Waals surface area contributed by atoms with Gasteiger partial charge in [-0.1, -0.05) is 34.1 Å². The van der Waals surface area contributed by atoms with Crippen molar-refractivity contribution in [2.45, 2.75) is 12.2 Å². The third-order valence-corrected chi connectivity index (χ3v) is 3.60. The summed E-state index contributed by atoms with van der Waals surface area (Å²) in [7, 11) is 1.67. The first-order valence-corrected chi connectivity index (χ1v) is 6.91. The first-order valence-electron chi connectivity index (χ1n) is 6.12. The smallest absolute Gasteiger partial charge is 0.309 e. The van der Waals surface area contributed by atoms with Gasteiger partial charge in [0.05, 0.1) is 11.6 Å². The molecule has 0 fully saturated rings. The van der Waals surface area contributed by atoms with Crippen molar-refractivity contribution < 1.29 is 17.6 Å². The molecular weight excluding hydrogens is 350 g/mol. The van der Waals surface area contributed by atoms with Crippen LogP contribution in [0.5, 0.6) is 0 Å². The first-order chi connectivity index (χ1) is 9.82. The molecule has 6 heteroatoms. The Morgan fingerprint density at radius 3 is 2.24 bits per heavy atom. The molecule has 1 nitrogen and oxygen atoms in total. The van der Waals surface area contributed by atoms with Crippen molar-refractivity contribution in [3.63, 3.8) is 0 Å². The molecule has 21 heavy (non-hydrogen) atoms. The fourth-order valence-corrected chi connectivity index (χ4v) is 2.57. The minimum absolute atomic E-state index is 0.390. The lowest BCUT2D eigenvalue weighted by atomic mass is 9.97. The van der Waals surface area contributed by atoms with E-state index in [-0.39, 0.29) is 6.04 Å². The predicted molar refractivity (Wildman–Crippen MR) is 76.4 cm³/mol. The van der Waals surface area contributed by atoms with Crippen LogP contribution in [0.1, 0.15) is 22.7 Å². The van der Waals surface area contributed by atoms with Crippen molar-refractivity contribution >= 4 is 15.9 Å². The highest BCUT2D eigenvalue weighted by Crippen LogP contribution is 2.33. The second-order valence-corrected chi connectivity index (χ2v) is 5.43. The molecule has 0 saturated heterocycles. The Labute approximate surface area is 128 Å². The Morgan fingerprint density at radius 2 is 1.71 bits per heavy atom. The quantitative estimate of drug-likeness (QED) is 0.765. The fraction of sp³-hybridized carbons (Fsp3) is 0.200. The lowest BCUT2D eigenvalue weighted by Crippen LogP contribution is -2.18. The molecule has 1 unspecified atom stereocenters. The molecule has 2 aromatic carbocycles. The number of nitrogens with one attached hydrogen (secondary N) is 1. The summed E-state index contributed by atoms with van der Waals surface area (Å²) in [6, 6.07) is 9.89. The molecule has 1 atom stereocenters. The number of rotatable bonds is 3. The number of hydrogen-bond donors (Lipinski definition) is 1. The molecule has 1 N–H and O–H groups in total. The van der Waals surface area contributed by atoms with E-state index in [9.17, 15) is 17.6 Å². The van der Waals surface area contributed by atoms with Gasteiger partial charge in [0.1, 0.15) is 5.82 Å². The van der Waals surface area contributed by atoms with Crippen molar-refractivity contribution in [3.05, 3.63) is 69.4 Å². The van der Waals surface area contributed by atoms with Crippen LogP contribution < -0.4 is 5.32 Å². The number of alkyl halides is 3. The van der Waals surface area contributed by atoms with Crippen molar-refractivity contribution in [3.8, 4) is 0 Å². The van der Waals surface area contributed by atoms with E-state index in [1.54, 1.807) is 7.05 Å². The molecular formula is C15H12BrF4N. The highest BCUT2D eigenvalue weighted by molar-refractivity contribution is 9.10. The fourth-order valence-electron chi connectivity index (χ4n) is 2.15. The molecule has 0 saturated carbocycles. The molecule has 0 aliphatic carbocycles. The summed E-state index contributed by atoms with van der Waals surface area (Å²) in [4.78, 5) is 0. The van der Waals surface area contributed by atoms with Gasteiger partial charge >= 0.3 is 6.18 Å². The van der Waals surface area contributed by atoms with E-state index in [2.05, 4.69) is 21.2 Å². The molecule has 2 rings (SSSR count). The normalized spacial score (nSPS) is 13.2. The van der Waals surface area contributed by atoms with E-state index < -0.39 is 17.6 Å². The van der Waals surface area contributed by atoms with E-state index in [0.29, 0.717) is 5.56 Å². The molecule has 0 aliphatic rings. The molecule has 0 bridgehead atoms. The van der Waals surface area contributed by atoms with E-state index in [0.717, 1.165) is 22.2 Å². The zero-order valence-corrected chi connectivity index (χ0v) is 12.6. The lowest BCUT2D eigenvalue weighted by molar-refractivity contribution is -0.140. The third kappa shape index (κ3) is 3.63. The van der Waals surface area contributed by atoms with Gasteiger partial charge in [-0.15, -0.1) is 0 Å². The van der Waals surface area contributed by atoms with Crippen LogP contribution in [0, 0.1) is 5.82 Å². The van der Waals surface area contributed by atoms with Gasteiger partial charge < -0.3 is 5.32 Å². The first kappa shape index (κ1) is 16.0. The van der Waals surface area contributed by atoms with Crippen LogP contribution in [0.25, 0.3) is 0 Å². The monoisotopic (exact) mass is 361 g/mol. The van der Waals surface area contributed by atoms with Gasteiger partial charge in [0.25, 0.3) is 0 Å². The van der Waals surface area contributed by atoms with Crippen LogP contribution in [-0.2, 0) is 6.18 Å². The Hall–Kier alpha value is -1.40. The maximum atomic E-state index is 13.7. The summed E-state index contributed by atoms with van der Waals surface area (Å²) in [6.07, 6.45) is -4.69. The second kappa shape index (κ2) is 6.15. The Bertz CT molecular complexity index is 640. The minimum Gasteiger partial charge on any atom is -0.309 e. The largest absolute Gasteiger partial charge is 0.419 e. The topological polar surface area (TPSA) is 12.0 Å². The molecule has 2 aromatic rings. The average molecular weight is 362 g/mol. The van der Waals surface area contributed by atoms with E-state index in [4.69, 9.17) is 0 Å². The lowest BCUT2D eigenvalue weighted by Gasteiger charge is -2.19. The zero-order chi connectivity index (χ0) is 15.6. The summed E-state index contributed by atoms with van der Waals surface area (Å²) in [6.45, 7) is 0. The zero-order valence-electron chi connectivity index (χ0n) is 11.0. The maximum absolute atomic E-state index is 13.7. The molecule has 112 valence electrons. The van der Waals surface area contributed by atoms with Gasteiger partial charge in [-0.05, 0) is 42.4 Å². The van der Waals surface area contributed by atoms with Crippen LogP contribution in [0.4, 0.5) is 17.6 Å². The van der Waals surface area contributed by atoms with E-state index in [1.165, 1.54) is 6.07 Å². The number of benzene rings is 2. The summed E-state index contributed by atoms with van der Waals surface area (Å²) in [5.41, 5.74) is 0.00230. The van der Waals surface area contributed by atoms with E-state index in [1.807, 2.05) is 24.3 Å². The van der Waals surface area contributed by atoms with Gasteiger partial charge in [0, 0.05) is 4.47 Å². The minimum atomic E-state index is -4.69. The van der Waals surface area contributed by atoms with Crippen molar-refractivity contribution in [1.29, 1.82) is 0 Å². The van der Waals surface area contributed by atoms with Crippen LogP contribution in [0.15, 0.2) is 46.9 Å². The van der Waals surface area contributed by atoms with Gasteiger partial charge in [-0.2, -0.15) is 13.2 Å². The number of halogens is 5. The van der Waals surface area contributed by atoms with Gasteiger partial charge in [0.15, 0.2) is 0 Å². The maximum Gasteiger partial charge on any atom is 0.419 e. The van der Waals surface area contributed by atoms with E-state index >= 15 is 0 Å². The highest BCUT2D eigenvalue weighted by Gasteiger charge is 2.34. The summed E-state index contributed by atoms with van der Waals surface area (Å²) in [5.74, 6) is -1.27. The molecule has 0 heterocycles. The Kier molecular flexibility index (Phi) is 4.68. The average Bonchev–Trinajstić information content (AvgIpc) is 2.38. The summed E-state index contributed by atoms with van der Waals surface area (Å²) in [5, 5.41) is 2.98. The number of hydrogen-bond acceptors (Lipinski definition) is 1. The van der Waals surface area contributed by atoms with Crippen LogP contribution in [0.2, 0.25) is 0 Å². The van der Waals surface area contributed by atoms with Crippen molar-refractivity contribution in [2.75, 3.05) is 7.05 Å². The second-order valence-electron chi connectivity index (χ2n) is 4.51. The molecule has 0 spiro atoms. The summed E-state index contributed by atoms with van der Waals surface area (Å²) >= 11 is 3.33. The van der Waals surface area contributed by atoms with Crippen LogP contribution >= 0.6 is 15.9 Å². The van der Waals surface area contributed by atoms with Crippen LogP contribution in [0.3, 0.4) is 0 Å². The molecule has 0 amide bonds. The van der Waals surface area contributed by atoms with Gasteiger partial charge in [0.2, 0.25) is 0 Å². The molecule has 0 aromatic heterocycles. The highest BCUT2D eigenvalue weighted by atomic mass is 79.9. The van der Waals surface area contributed by atoms with Crippen molar-refractivity contribution in [2.24, 2.45) is 0 Å².